The van der Waals surface area contributed by atoms with Gasteiger partial charge in [-0.25, -0.2) is 0 Å². The van der Waals surface area contributed by atoms with Crippen molar-refractivity contribution in [3.8, 4) is 0 Å². The molecule has 0 amide bonds. The molecule has 0 aliphatic carbocycles. The molecule has 1 aliphatic rings. The molecule has 2 heterocycles. The lowest BCUT2D eigenvalue weighted by Crippen LogP contribution is -2.40. The molecule has 0 radical (unpaired) electrons. The number of aromatic nitrogens is 2. The van der Waals surface area contributed by atoms with E-state index in [1.807, 2.05) is 7.05 Å². The summed E-state index contributed by atoms with van der Waals surface area (Å²) < 4.78 is 10.7. The number of rotatable bonds is 8. The van der Waals surface area contributed by atoms with Crippen LogP contribution in [0.4, 0.5) is 0 Å². The van der Waals surface area contributed by atoms with Crippen LogP contribution in [0.1, 0.15) is 57.2 Å². The fourth-order valence-corrected chi connectivity index (χ4v) is 2.95. The largest absolute Gasteiger partial charge is 0.381 e. The van der Waals surface area contributed by atoms with Gasteiger partial charge in [0.05, 0.1) is 0 Å². The predicted octanol–water partition coefficient (Wildman–Crippen LogP) is 3.07. The Labute approximate surface area is 174 Å². The molecule has 0 unspecified atom stereocenters. The summed E-state index contributed by atoms with van der Waals surface area (Å²) in [7, 11) is 3.93. The molecule has 1 aromatic rings. The summed E-state index contributed by atoms with van der Waals surface area (Å²) in [6.45, 7) is 7.82. The molecule has 0 spiro atoms. The Balaban J connectivity index is 0.00000338. The molecule has 0 saturated carbocycles. The first-order valence-corrected chi connectivity index (χ1v) is 9.42. The molecule has 1 aromatic heterocycles. The Morgan fingerprint density at radius 3 is 2.69 bits per heavy atom. The number of ether oxygens (including phenoxy) is 1. The van der Waals surface area contributed by atoms with Crippen molar-refractivity contribution >= 4 is 29.9 Å². The van der Waals surface area contributed by atoms with Gasteiger partial charge in [0.15, 0.2) is 11.8 Å². The van der Waals surface area contributed by atoms with Crippen LogP contribution >= 0.6 is 24.0 Å². The van der Waals surface area contributed by atoms with Gasteiger partial charge in [0.1, 0.15) is 0 Å². The Hall–Kier alpha value is -0.900. The Bertz CT molecular complexity index is 529. The summed E-state index contributed by atoms with van der Waals surface area (Å²) >= 11 is 0. The van der Waals surface area contributed by atoms with Gasteiger partial charge < -0.3 is 19.5 Å². The molecule has 150 valence electrons. The van der Waals surface area contributed by atoms with E-state index in [2.05, 4.69) is 46.2 Å². The molecule has 0 bridgehead atoms. The highest BCUT2D eigenvalue weighted by molar-refractivity contribution is 14.0. The second kappa shape index (κ2) is 12.5. The molecule has 1 saturated heterocycles. The first-order valence-electron chi connectivity index (χ1n) is 9.42. The maximum absolute atomic E-state index is 5.42. The van der Waals surface area contributed by atoms with Gasteiger partial charge in [0, 0.05) is 52.7 Å². The second-order valence-corrected chi connectivity index (χ2v) is 7.04. The minimum atomic E-state index is 0. The summed E-state index contributed by atoms with van der Waals surface area (Å²) in [5.41, 5.74) is 0. The van der Waals surface area contributed by atoms with Crippen LogP contribution in [0.25, 0.3) is 0 Å². The third-order valence-corrected chi connectivity index (χ3v) is 4.64. The van der Waals surface area contributed by atoms with E-state index in [0.717, 1.165) is 56.8 Å². The topological polar surface area (TPSA) is 75.8 Å². The molecule has 0 aromatic carbocycles. The number of guanidine groups is 1. The molecular weight excluding hydrogens is 445 g/mol. The number of aryl methyl sites for hydroxylation is 1. The number of halogens is 1. The lowest BCUT2D eigenvalue weighted by Gasteiger charge is -2.26. The average molecular weight is 479 g/mol. The second-order valence-electron chi connectivity index (χ2n) is 7.04. The monoisotopic (exact) mass is 479 g/mol. The van der Waals surface area contributed by atoms with Crippen LogP contribution in [0.5, 0.6) is 0 Å². The van der Waals surface area contributed by atoms with Crippen molar-refractivity contribution in [2.24, 2.45) is 10.9 Å². The molecule has 0 atom stereocenters. The number of aliphatic imine (C=N–C) groups is 1. The van der Waals surface area contributed by atoms with E-state index >= 15 is 0 Å². The summed E-state index contributed by atoms with van der Waals surface area (Å²) in [5, 5.41) is 7.41. The fraction of sp³-hybridized carbons (Fsp3) is 0.833. The van der Waals surface area contributed by atoms with Crippen molar-refractivity contribution in [2.45, 2.75) is 51.9 Å². The van der Waals surface area contributed by atoms with Gasteiger partial charge in [-0.2, -0.15) is 4.98 Å². The van der Waals surface area contributed by atoms with Crippen molar-refractivity contribution in [2.75, 3.05) is 40.4 Å². The summed E-state index contributed by atoms with van der Waals surface area (Å²) in [4.78, 5) is 11.0. The molecule has 2 rings (SSSR count). The van der Waals surface area contributed by atoms with Crippen molar-refractivity contribution in [1.82, 2.24) is 20.4 Å². The number of hydrogen-bond donors (Lipinski definition) is 1. The Morgan fingerprint density at radius 1 is 1.35 bits per heavy atom. The molecule has 1 N–H and O–H groups in total. The highest BCUT2D eigenvalue weighted by Crippen LogP contribution is 2.18. The van der Waals surface area contributed by atoms with Crippen molar-refractivity contribution in [1.29, 1.82) is 0 Å². The third-order valence-electron chi connectivity index (χ3n) is 4.64. The normalized spacial score (nSPS) is 15.8. The standard InChI is InChI=1S/C18H33N5O2.HI/c1-14(2)17-21-16(25-22-17)6-5-10-20-18(19-3)23(4)11-7-15-8-12-24-13-9-15;/h14-15H,5-13H2,1-4H3,(H,19,20);1H. The smallest absolute Gasteiger partial charge is 0.226 e. The van der Waals surface area contributed by atoms with Crippen molar-refractivity contribution < 1.29 is 9.26 Å². The number of nitrogens with zero attached hydrogens (tertiary/aromatic N) is 4. The van der Waals surface area contributed by atoms with Crippen molar-refractivity contribution in [3.63, 3.8) is 0 Å². The molecule has 7 nitrogen and oxygen atoms in total. The van der Waals surface area contributed by atoms with Crippen LogP contribution in [-0.2, 0) is 11.2 Å². The lowest BCUT2D eigenvalue weighted by atomic mass is 9.96. The van der Waals surface area contributed by atoms with E-state index in [4.69, 9.17) is 9.26 Å². The molecule has 8 heteroatoms. The van der Waals surface area contributed by atoms with Gasteiger partial charge >= 0.3 is 0 Å². The van der Waals surface area contributed by atoms with E-state index in [0.29, 0.717) is 11.8 Å². The molecular formula is C18H34IN5O2. The van der Waals surface area contributed by atoms with Crippen LogP contribution in [0.3, 0.4) is 0 Å². The van der Waals surface area contributed by atoms with Crippen LogP contribution in [-0.4, -0.2) is 61.4 Å². The summed E-state index contributed by atoms with van der Waals surface area (Å²) in [6, 6.07) is 0. The van der Waals surface area contributed by atoms with Gasteiger partial charge in [-0.3, -0.25) is 4.99 Å². The predicted molar refractivity (Wildman–Crippen MR) is 114 cm³/mol. The van der Waals surface area contributed by atoms with Gasteiger partial charge in [0.2, 0.25) is 5.89 Å². The van der Waals surface area contributed by atoms with Crippen LogP contribution in [0.15, 0.2) is 9.52 Å². The van der Waals surface area contributed by atoms with E-state index in [-0.39, 0.29) is 24.0 Å². The maximum atomic E-state index is 5.42. The maximum Gasteiger partial charge on any atom is 0.226 e. The number of nitrogens with one attached hydrogen (secondary N) is 1. The fourth-order valence-electron chi connectivity index (χ4n) is 2.95. The zero-order chi connectivity index (χ0) is 18.1. The zero-order valence-corrected chi connectivity index (χ0v) is 18.9. The molecule has 26 heavy (non-hydrogen) atoms. The van der Waals surface area contributed by atoms with Crippen LogP contribution in [0.2, 0.25) is 0 Å². The van der Waals surface area contributed by atoms with Gasteiger partial charge in [-0.1, -0.05) is 19.0 Å². The van der Waals surface area contributed by atoms with E-state index in [1.54, 1.807) is 0 Å². The number of hydrogen-bond acceptors (Lipinski definition) is 5. The lowest BCUT2D eigenvalue weighted by molar-refractivity contribution is 0.0625. The van der Waals surface area contributed by atoms with Crippen molar-refractivity contribution in [3.05, 3.63) is 11.7 Å². The van der Waals surface area contributed by atoms with Crippen LogP contribution in [0, 0.1) is 5.92 Å². The third kappa shape index (κ3) is 7.77. The highest BCUT2D eigenvalue weighted by Gasteiger charge is 2.15. The minimum Gasteiger partial charge on any atom is -0.381 e. The average Bonchev–Trinajstić information content (AvgIpc) is 3.10. The van der Waals surface area contributed by atoms with Gasteiger partial charge in [0.25, 0.3) is 0 Å². The van der Waals surface area contributed by atoms with E-state index in [1.165, 1.54) is 19.3 Å². The van der Waals surface area contributed by atoms with Crippen LogP contribution < -0.4 is 5.32 Å². The van der Waals surface area contributed by atoms with E-state index in [9.17, 15) is 0 Å². The van der Waals surface area contributed by atoms with Gasteiger partial charge in [-0.05, 0) is 31.6 Å². The molecule has 1 fully saturated rings. The quantitative estimate of drug-likeness (QED) is 0.267. The highest BCUT2D eigenvalue weighted by atomic mass is 127. The molecule has 1 aliphatic heterocycles. The SMILES string of the molecule is CN=C(NCCCc1nc(C(C)C)no1)N(C)CCC1CCOCC1.I. The first kappa shape index (κ1) is 23.1. The first-order chi connectivity index (χ1) is 12.1. The Morgan fingerprint density at radius 2 is 2.08 bits per heavy atom. The minimum absolute atomic E-state index is 0. The Kier molecular flexibility index (Phi) is 11.1. The van der Waals surface area contributed by atoms with Gasteiger partial charge in [-0.15, -0.1) is 24.0 Å². The summed E-state index contributed by atoms with van der Waals surface area (Å²) in [5.74, 6) is 3.53. The summed E-state index contributed by atoms with van der Waals surface area (Å²) in [6.07, 6.45) is 5.29. The zero-order valence-electron chi connectivity index (χ0n) is 16.5. The van der Waals surface area contributed by atoms with E-state index < -0.39 is 0 Å².